The molecule has 3 aromatic carbocycles. The molecular weight excluding hydrogens is 334 g/mol. The van der Waals surface area contributed by atoms with Crippen molar-refractivity contribution in [1.82, 2.24) is 0 Å². The standard InChI is InChI=1S/C24H23NO2/c1-3-20-11-10-16-23(17-20)26-18-19(2)24(25-21-12-6-4-7-13-21)27-22-14-8-5-9-15-22/h4-18H,3H2,1-2H3/b19-18+,25-24-. The molecule has 136 valence electrons. The number of para-hydroxylation sites is 2. The Hall–Kier alpha value is -3.33. The molecule has 0 aliphatic heterocycles. The molecular formula is C24H23NO2. The summed E-state index contributed by atoms with van der Waals surface area (Å²) in [7, 11) is 0. The molecule has 0 saturated heterocycles. The zero-order chi connectivity index (χ0) is 18.9. The van der Waals surface area contributed by atoms with Gasteiger partial charge in [-0.05, 0) is 55.3 Å². The molecule has 0 bridgehead atoms. The maximum absolute atomic E-state index is 6.02. The smallest absolute Gasteiger partial charge is 0.225 e. The molecule has 0 unspecified atom stereocenters. The number of aryl methyl sites for hydroxylation is 1. The zero-order valence-corrected chi connectivity index (χ0v) is 15.6. The molecule has 0 radical (unpaired) electrons. The van der Waals surface area contributed by atoms with Crippen molar-refractivity contribution in [1.29, 1.82) is 0 Å². The fraction of sp³-hybridized carbons (Fsp3) is 0.125. The van der Waals surface area contributed by atoms with Crippen LogP contribution >= 0.6 is 0 Å². The van der Waals surface area contributed by atoms with Crippen molar-refractivity contribution in [3.05, 3.63) is 102 Å². The Kier molecular flexibility index (Phi) is 6.42. The minimum absolute atomic E-state index is 0.499. The highest BCUT2D eigenvalue weighted by Gasteiger charge is 2.07. The van der Waals surface area contributed by atoms with E-state index < -0.39 is 0 Å². The third kappa shape index (κ3) is 5.58. The van der Waals surface area contributed by atoms with Gasteiger partial charge in [0.05, 0.1) is 11.9 Å². The monoisotopic (exact) mass is 357 g/mol. The predicted molar refractivity (Wildman–Crippen MR) is 111 cm³/mol. The highest BCUT2D eigenvalue weighted by Crippen LogP contribution is 2.19. The first-order valence-corrected chi connectivity index (χ1v) is 9.04. The van der Waals surface area contributed by atoms with Gasteiger partial charge in [-0.15, -0.1) is 0 Å². The molecule has 3 nitrogen and oxygen atoms in total. The number of benzene rings is 3. The molecule has 27 heavy (non-hydrogen) atoms. The molecule has 0 N–H and O–H groups in total. The number of ether oxygens (including phenoxy) is 2. The number of rotatable bonds is 6. The second-order valence-corrected chi connectivity index (χ2v) is 6.09. The second kappa shape index (κ2) is 9.39. The number of nitrogens with zero attached hydrogens (tertiary/aromatic N) is 1. The van der Waals surface area contributed by atoms with E-state index in [1.807, 2.05) is 85.8 Å². The molecule has 3 heteroatoms. The van der Waals surface area contributed by atoms with Crippen LogP contribution in [0.5, 0.6) is 11.5 Å². The van der Waals surface area contributed by atoms with Crippen molar-refractivity contribution in [2.24, 2.45) is 4.99 Å². The minimum Gasteiger partial charge on any atom is -0.465 e. The van der Waals surface area contributed by atoms with Crippen LogP contribution in [-0.4, -0.2) is 5.90 Å². The van der Waals surface area contributed by atoms with Gasteiger partial charge in [-0.1, -0.05) is 55.5 Å². The van der Waals surface area contributed by atoms with Crippen LogP contribution in [0, 0.1) is 0 Å². The lowest BCUT2D eigenvalue weighted by Gasteiger charge is -2.10. The van der Waals surface area contributed by atoms with Crippen molar-refractivity contribution in [3.8, 4) is 11.5 Å². The van der Waals surface area contributed by atoms with Crippen LogP contribution in [0.4, 0.5) is 5.69 Å². The zero-order valence-electron chi connectivity index (χ0n) is 15.6. The van der Waals surface area contributed by atoms with Gasteiger partial charge in [-0.3, -0.25) is 0 Å². The lowest BCUT2D eigenvalue weighted by molar-refractivity contribution is 0.473. The Labute approximate surface area is 160 Å². The second-order valence-electron chi connectivity index (χ2n) is 6.09. The third-order valence-electron chi connectivity index (χ3n) is 3.96. The Morgan fingerprint density at radius 2 is 1.52 bits per heavy atom. The van der Waals surface area contributed by atoms with E-state index in [2.05, 4.69) is 18.0 Å². The minimum atomic E-state index is 0.499. The third-order valence-corrected chi connectivity index (χ3v) is 3.96. The quantitative estimate of drug-likeness (QED) is 0.293. The topological polar surface area (TPSA) is 30.8 Å². The summed E-state index contributed by atoms with van der Waals surface area (Å²) >= 11 is 0. The van der Waals surface area contributed by atoms with Crippen LogP contribution in [0.1, 0.15) is 19.4 Å². The Balaban J connectivity index is 1.85. The predicted octanol–water partition coefficient (Wildman–Crippen LogP) is 6.34. The van der Waals surface area contributed by atoms with Gasteiger partial charge in [0, 0.05) is 5.57 Å². The molecule has 0 amide bonds. The number of aliphatic imine (C=N–C) groups is 1. The molecule has 0 aliphatic rings. The molecule has 0 heterocycles. The van der Waals surface area contributed by atoms with E-state index in [-0.39, 0.29) is 0 Å². The normalized spacial score (nSPS) is 11.9. The van der Waals surface area contributed by atoms with E-state index in [1.54, 1.807) is 6.26 Å². The highest BCUT2D eigenvalue weighted by atomic mass is 16.5. The molecule has 0 aromatic heterocycles. The largest absolute Gasteiger partial charge is 0.465 e. The van der Waals surface area contributed by atoms with Crippen molar-refractivity contribution in [2.75, 3.05) is 0 Å². The van der Waals surface area contributed by atoms with Crippen LogP contribution in [0.3, 0.4) is 0 Å². The van der Waals surface area contributed by atoms with Crippen LogP contribution < -0.4 is 9.47 Å². The van der Waals surface area contributed by atoms with Gasteiger partial charge >= 0.3 is 0 Å². The van der Waals surface area contributed by atoms with Gasteiger partial charge in [-0.25, -0.2) is 4.99 Å². The van der Waals surface area contributed by atoms with Crippen LogP contribution in [-0.2, 0) is 6.42 Å². The highest BCUT2D eigenvalue weighted by molar-refractivity contribution is 5.96. The summed E-state index contributed by atoms with van der Waals surface area (Å²) in [5.74, 6) is 2.03. The Bertz CT molecular complexity index is 915. The summed E-state index contributed by atoms with van der Waals surface area (Å²) in [6.07, 6.45) is 2.65. The van der Waals surface area contributed by atoms with Crippen molar-refractivity contribution in [2.45, 2.75) is 20.3 Å². The van der Waals surface area contributed by atoms with Crippen LogP contribution in [0.15, 0.2) is 102 Å². The summed E-state index contributed by atoms with van der Waals surface area (Å²) in [6.45, 7) is 4.05. The Morgan fingerprint density at radius 3 is 2.22 bits per heavy atom. The van der Waals surface area contributed by atoms with E-state index in [0.717, 1.165) is 29.2 Å². The van der Waals surface area contributed by atoms with Crippen molar-refractivity contribution >= 4 is 11.6 Å². The van der Waals surface area contributed by atoms with Gasteiger partial charge < -0.3 is 9.47 Å². The van der Waals surface area contributed by atoms with Gasteiger partial charge in [0.2, 0.25) is 5.90 Å². The van der Waals surface area contributed by atoms with Gasteiger partial charge in [0.1, 0.15) is 11.5 Å². The first kappa shape index (κ1) is 18.5. The maximum Gasteiger partial charge on any atom is 0.225 e. The number of hydrogen-bond acceptors (Lipinski definition) is 3. The van der Waals surface area contributed by atoms with Crippen molar-refractivity contribution < 1.29 is 9.47 Å². The molecule has 0 atom stereocenters. The van der Waals surface area contributed by atoms with Crippen LogP contribution in [0.2, 0.25) is 0 Å². The SMILES string of the molecule is CCc1cccc(O/C=C(C)/C(=N/c2ccccc2)Oc2ccccc2)c1. The summed E-state index contributed by atoms with van der Waals surface area (Å²) < 4.78 is 11.9. The molecule has 0 spiro atoms. The summed E-state index contributed by atoms with van der Waals surface area (Å²) in [4.78, 5) is 4.65. The average molecular weight is 357 g/mol. The number of hydrogen-bond donors (Lipinski definition) is 0. The van der Waals surface area contributed by atoms with Gasteiger partial charge in [0.25, 0.3) is 0 Å². The summed E-state index contributed by atoms with van der Waals surface area (Å²) in [6, 6.07) is 27.4. The first-order valence-electron chi connectivity index (χ1n) is 9.04. The van der Waals surface area contributed by atoms with Crippen LogP contribution in [0.25, 0.3) is 0 Å². The fourth-order valence-electron chi connectivity index (χ4n) is 2.46. The van der Waals surface area contributed by atoms with E-state index in [4.69, 9.17) is 9.47 Å². The lowest BCUT2D eigenvalue weighted by Crippen LogP contribution is -2.10. The van der Waals surface area contributed by atoms with Gasteiger partial charge in [0.15, 0.2) is 0 Å². The van der Waals surface area contributed by atoms with E-state index in [0.29, 0.717) is 5.90 Å². The molecule has 0 saturated carbocycles. The lowest BCUT2D eigenvalue weighted by atomic mass is 10.2. The average Bonchev–Trinajstić information content (AvgIpc) is 2.73. The van der Waals surface area contributed by atoms with E-state index >= 15 is 0 Å². The summed E-state index contributed by atoms with van der Waals surface area (Å²) in [5, 5.41) is 0. The first-order chi connectivity index (χ1) is 13.2. The van der Waals surface area contributed by atoms with Crippen molar-refractivity contribution in [3.63, 3.8) is 0 Å². The molecule has 3 aromatic rings. The molecule has 0 fully saturated rings. The molecule has 3 rings (SSSR count). The van der Waals surface area contributed by atoms with Gasteiger partial charge in [-0.2, -0.15) is 0 Å². The van der Waals surface area contributed by atoms with E-state index in [9.17, 15) is 0 Å². The van der Waals surface area contributed by atoms with E-state index in [1.165, 1.54) is 5.56 Å². The summed E-state index contributed by atoms with van der Waals surface area (Å²) in [5.41, 5.74) is 2.85. The Morgan fingerprint density at radius 1 is 0.852 bits per heavy atom. The fourth-order valence-corrected chi connectivity index (χ4v) is 2.46. The maximum atomic E-state index is 6.02. The molecule has 0 aliphatic carbocycles.